The highest BCUT2D eigenvalue weighted by molar-refractivity contribution is 5.99. The summed E-state index contributed by atoms with van der Waals surface area (Å²) in [6.07, 6.45) is 9.06. The predicted molar refractivity (Wildman–Crippen MR) is 90.9 cm³/mol. The van der Waals surface area contributed by atoms with Gasteiger partial charge in [0.2, 0.25) is 0 Å². The molecule has 0 N–H and O–H groups in total. The molecule has 126 valence electrons. The second-order valence-corrected chi connectivity index (χ2v) is 6.54. The zero-order valence-electron chi connectivity index (χ0n) is 14.0. The lowest BCUT2D eigenvalue weighted by atomic mass is 10.1. The maximum absolute atomic E-state index is 13.0. The fourth-order valence-electron chi connectivity index (χ4n) is 3.59. The van der Waals surface area contributed by atoms with Gasteiger partial charge in [0.25, 0.3) is 5.91 Å². The van der Waals surface area contributed by atoms with Crippen molar-refractivity contribution in [1.82, 2.24) is 9.88 Å². The van der Waals surface area contributed by atoms with E-state index < -0.39 is 0 Å². The lowest BCUT2D eigenvalue weighted by molar-refractivity contribution is 0.0716. The summed E-state index contributed by atoms with van der Waals surface area (Å²) in [5, 5.41) is 0. The average Bonchev–Trinajstić information content (AvgIpc) is 2.90. The summed E-state index contributed by atoms with van der Waals surface area (Å²) in [5.74, 6) is 0.910. The molecule has 0 radical (unpaired) electrons. The number of hydrogen-bond acceptors (Lipinski definition) is 4. The highest BCUT2D eigenvalue weighted by Crippen LogP contribution is 2.25. The van der Waals surface area contributed by atoms with Gasteiger partial charge in [-0.2, -0.15) is 0 Å². The van der Waals surface area contributed by atoms with Crippen LogP contribution < -0.4 is 4.90 Å². The topological polar surface area (TPSA) is 45.7 Å². The van der Waals surface area contributed by atoms with Crippen LogP contribution in [0.15, 0.2) is 18.3 Å². The Bertz CT molecular complexity index is 521. The summed E-state index contributed by atoms with van der Waals surface area (Å²) in [4.78, 5) is 21.7. The van der Waals surface area contributed by atoms with E-state index in [2.05, 4.69) is 9.88 Å². The molecule has 1 amide bonds. The zero-order valence-corrected chi connectivity index (χ0v) is 14.0. The van der Waals surface area contributed by atoms with E-state index >= 15 is 0 Å². The van der Waals surface area contributed by atoms with Crippen LogP contribution in [0.25, 0.3) is 0 Å². The first-order valence-electron chi connectivity index (χ1n) is 8.82. The minimum atomic E-state index is 0.103. The highest BCUT2D eigenvalue weighted by atomic mass is 16.5. The van der Waals surface area contributed by atoms with E-state index in [-0.39, 0.29) is 5.91 Å². The van der Waals surface area contributed by atoms with Crippen molar-refractivity contribution in [3.63, 3.8) is 0 Å². The Labute approximate surface area is 138 Å². The van der Waals surface area contributed by atoms with Crippen LogP contribution in [0, 0.1) is 0 Å². The molecule has 1 aliphatic heterocycles. The fraction of sp³-hybridized carbons (Fsp3) is 0.667. The Hall–Kier alpha value is -1.62. The molecule has 1 aromatic rings. The number of carbonyl (C=O) groups is 1. The van der Waals surface area contributed by atoms with Crippen molar-refractivity contribution >= 4 is 11.7 Å². The van der Waals surface area contributed by atoms with Crippen molar-refractivity contribution in [3.05, 3.63) is 23.9 Å². The molecular formula is C18H27N3O2. The number of morpholine rings is 1. The van der Waals surface area contributed by atoms with Crippen LogP contribution in [-0.4, -0.2) is 55.2 Å². The number of rotatable bonds is 3. The third-order valence-electron chi connectivity index (χ3n) is 5.02. The highest BCUT2D eigenvalue weighted by Gasteiger charge is 2.26. The predicted octanol–water partition coefficient (Wildman–Crippen LogP) is 2.71. The molecule has 2 fully saturated rings. The van der Waals surface area contributed by atoms with E-state index in [1.807, 2.05) is 24.1 Å². The van der Waals surface area contributed by atoms with Gasteiger partial charge in [-0.15, -0.1) is 0 Å². The smallest absolute Gasteiger partial charge is 0.257 e. The van der Waals surface area contributed by atoms with Gasteiger partial charge in [0.1, 0.15) is 5.82 Å². The molecule has 0 unspecified atom stereocenters. The zero-order chi connectivity index (χ0) is 16.1. The molecule has 2 heterocycles. The minimum absolute atomic E-state index is 0.103. The molecular weight excluding hydrogens is 290 g/mol. The third-order valence-corrected chi connectivity index (χ3v) is 5.02. The van der Waals surface area contributed by atoms with Crippen LogP contribution in [0.3, 0.4) is 0 Å². The molecule has 1 saturated carbocycles. The maximum atomic E-state index is 13.0. The number of ether oxygens (including phenoxy) is 1. The number of nitrogens with zero attached hydrogens (tertiary/aromatic N) is 3. The summed E-state index contributed by atoms with van der Waals surface area (Å²) in [6, 6.07) is 4.13. The molecule has 5 nitrogen and oxygen atoms in total. The average molecular weight is 317 g/mol. The summed E-state index contributed by atoms with van der Waals surface area (Å²) in [6.45, 7) is 2.99. The van der Waals surface area contributed by atoms with Gasteiger partial charge in [0, 0.05) is 32.4 Å². The van der Waals surface area contributed by atoms with Crippen LogP contribution in [0.1, 0.15) is 48.9 Å². The molecule has 0 atom stereocenters. The molecule has 0 bridgehead atoms. The van der Waals surface area contributed by atoms with E-state index in [0.29, 0.717) is 19.3 Å². The molecule has 0 spiro atoms. The normalized spacial score (nSPS) is 20.1. The van der Waals surface area contributed by atoms with E-state index in [9.17, 15) is 4.79 Å². The molecule has 1 saturated heterocycles. The van der Waals surface area contributed by atoms with Gasteiger partial charge in [0.15, 0.2) is 0 Å². The number of carbonyl (C=O) groups excluding carboxylic acids is 1. The Balaban J connectivity index is 1.78. The monoisotopic (exact) mass is 317 g/mol. The lowest BCUT2D eigenvalue weighted by Crippen LogP contribution is -2.40. The summed E-state index contributed by atoms with van der Waals surface area (Å²) in [7, 11) is 1.95. The van der Waals surface area contributed by atoms with Crippen LogP contribution >= 0.6 is 0 Å². The Morgan fingerprint density at radius 1 is 1.22 bits per heavy atom. The van der Waals surface area contributed by atoms with Crippen molar-refractivity contribution in [2.24, 2.45) is 0 Å². The molecule has 1 aromatic heterocycles. The number of hydrogen-bond donors (Lipinski definition) is 0. The van der Waals surface area contributed by atoms with Gasteiger partial charge in [-0.1, -0.05) is 25.7 Å². The van der Waals surface area contributed by atoms with Crippen LogP contribution in [0.4, 0.5) is 5.82 Å². The Morgan fingerprint density at radius 2 is 1.91 bits per heavy atom. The minimum Gasteiger partial charge on any atom is -0.378 e. The Morgan fingerprint density at radius 3 is 2.61 bits per heavy atom. The maximum Gasteiger partial charge on any atom is 0.257 e. The van der Waals surface area contributed by atoms with Gasteiger partial charge in [-0.3, -0.25) is 4.79 Å². The summed E-state index contributed by atoms with van der Waals surface area (Å²) < 4.78 is 5.41. The quantitative estimate of drug-likeness (QED) is 0.804. The SMILES string of the molecule is CN(C(=O)c1cccnc1N1CCOCC1)C1CCCCCC1. The molecule has 23 heavy (non-hydrogen) atoms. The largest absolute Gasteiger partial charge is 0.378 e. The Kier molecular flexibility index (Phi) is 5.49. The summed E-state index contributed by atoms with van der Waals surface area (Å²) in [5.41, 5.74) is 0.723. The van der Waals surface area contributed by atoms with E-state index in [4.69, 9.17) is 4.74 Å². The van der Waals surface area contributed by atoms with Crippen molar-refractivity contribution in [1.29, 1.82) is 0 Å². The molecule has 1 aliphatic carbocycles. The van der Waals surface area contributed by atoms with Gasteiger partial charge in [-0.05, 0) is 25.0 Å². The third kappa shape index (κ3) is 3.83. The molecule has 0 aromatic carbocycles. The van der Waals surface area contributed by atoms with E-state index in [0.717, 1.165) is 37.3 Å². The molecule has 2 aliphatic rings. The number of amides is 1. The standard InChI is InChI=1S/C18H27N3O2/c1-20(15-7-4-2-3-5-8-15)18(22)16-9-6-10-19-17(16)21-11-13-23-14-12-21/h6,9-10,15H,2-5,7-8,11-14H2,1H3. The van der Waals surface area contributed by atoms with Crippen molar-refractivity contribution in [2.45, 2.75) is 44.6 Å². The first-order valence-corrected chi connectivity index (χ1v) is 8.82. The fourth-order valence-corrected chi connectivity index (χ4v) is 3.59. The van der Waals surface area contributed by atoms with Gasteiger partial charge >= 0.3 is 0 Å². The van der Waals surface area contributed by atoms with Crippen LogP contribution in [0.5, 0.6) is 0 Å². The van der Waals surface area contributed by atoms with E-state index in [1.54, 1.807) is 6.20 Å². The van der Waals surface area contributed by atoms with Gasteiger partial charge < -0.3 is 14.5 Å². The first-order chi connectivity index (χ1) is 11.3. The lowest BCUT2D eigenvalue weighted by Gasteiger charge is -2.31. The number of pyridine rings is 1. The van der Waals surface area contributed by atoms with Crippen molar-refractivity contribution in [3.8, 4) is 0 Å². The molecule has 5 heteroatoms. The van der Waals surface area contributed by atoms with Crippen LogP contribution in [0.2, 0.25) is 0 Å². The van der Waals surface area contributed by atoms with E-state index in [1.165, 1.54) is 25.7 Å². The number of aromatic nitrogens is 1. The molecule has 3 rings (SSSR count). The second kappa shape index (κ2) is 7.77. The van der Waals surface area contributed by atoms with Gasteiger partial charge in [0.05, 0.1) is 18.8 Å². The first kappa shape index (κ1) is 16.2. The van der Waals surface area contributed by atoms with Crippen LogP contribution in [-0.2, 0) is 4.74 Å². The number of anilines is 1. The van der Waals surface area contributed by atoms with Gasteiger partial charge in [-0.25, -0.2) is 4.98 Å². The van der Waals surface area contributed by atoms with Crippen molar-refractivity contribution in [2.75, 3.05) is 38.3 Å². The summed E-state index contributed by atoms with van der Waals surface area (Å²) >= 11 is 0. The van der Waals surface area contributed by atoms with Crippen molar-refractivity contribution < 1.29 is 9.53 Å². The second-order valence-electron chi connectivity index (χ2n) is 6.54.